The number of aliphatic imine (C=N–C) groups is 1. The summed E-state index contributed by atoms with van der Waals surface area (Å²) in [5, 5.41) is 9.21. The zero-order chi connectivity index (χ0) is 18.1. The molecule has 0 aromatic heterocycles. The SMILES string of the molecule is C=C1N=C(OCc2ccc(OC)c(C#N)c2)C=C2N1CC1CCCCN21. The first-order chi connectivity index (χ1) is 12.7. The predicted molar refractivity (Wildman–Crippen MR) is 98.2 cm³/mol. The maximum atomic E-state index is 9.21. The van der Waals surface area contributed by atoms with Crippen LogP contribution in [0.3, 0.4) is 0 Å². The molecule has 2 saturated heterocycles. The van der Waals surface area contributed by atoms with Crippen molar-refractivity contribution >= 4 is 5.90 Å². The van der Waals surface area contributed by atoms with Gasteiger partial charge in [-0.25, -0.2) is 0 Å². The van der Waals surface area contributed by atoms with Gasteiger partial charge in [0.1, 0.15) is 30.1 Å². The number of fused-ring (bicyclic) bond motifs is 3. The fourth-order valence-electron chi connectivity index (χ4n) is 3.84. The average Bonchev–Trinajstić information content (AvgIpc) is 3.05. The highest BCUT2D eigenvalue weighted by Crippen LogP contribution is 2.35. The highest BCUT2D eigenvalue weighted by Gasteiger charge is 2.38. The number of nitriles is 1. The monoisotopic (exact) mass is 350 g/mol. The van der Waals surface area contributed by atoms with E-state index in [1.165, 1.54) is 19.3 Å². The lowest BCUT2D eigenvalue weighted by molar-refractivity contribution is 0.234. The van der Waals surface area contributed by atoms with Crippen LogP contribution in [0.5, 0.6) is 5.75 Å². The Labute approximate surface area is 153 Å². The lowest BCUT2D eigenvalue weighted by atomic mass is 10.0. The van der Waals surface area contributed by atoms with E-state index in [1.54, 1.807) is 19.2 Å². The third kappa shape index (κ3) is 2.90. The lowest BCUT2D eigenvalue weighted by Gasteiger charge is -2.32. The molecule has 0 aliphatic carbocycles. The molecule has 1 aromatic rings. The van der Waals surface area contributed by atoms with Crippen LogP contribution in [-0.2, 0) is 11.3 Å². The zero-order valence-corrected chi connectivity index (χ0v) is 14.9. The number of piperidine rings is 1. The molecule has 1 atom stereocenters. The fraction of sp³-hybridized carbons (Fsp3) is 0.400. The van der Waals surface area contributed by atoms with Crippen molar-refractivity contribution in [3.8, 4) is 11.8 Å². The van der Waals surface area contributed by atoms with E-state index in [9.17, 15) is 5.26 Å². The second kappa shape index (κ2) is 6.75. The first-order valence-electron chi connectivity index (χ1n) is 8.93. The average molecular weight is 350 g/mol. The van der Waals surface area contributed by atoms with Crippen LogP contribution in [0.15, 0.2) is 47.5 Å². The molecule has 6 heteroatoms. The summed E-state index contributed by atoms with van der Waals surface area (Å²) in [6.45, 7) is 6.49. The van der Waals surface area contributed by atoms with Crippen molar-refractivity contribution in [3.05, 3.63) is 53.6 Å². The van der Waals surface area contributed by atoms with Gasteiger partial charge in [0.05, 0.1) is 12.7 Å². The number of rotatable bonds is 3. The Morgan fingerprint density at radius 2 is 2.27 bits per heavy atom. The van der Waals surface area contributed by atoms with E-state index < -0.39 is 0 Å². The third-order valence-corrected chi connectivity index (χ3v) is 5.17. The van der Waals surface area contributed by atoms with Crippen molar-refractivity contribution in [3.63, 3.8) is 0 Å². The third-order valence-electron chi connectivity index (χ3n) is 5.17. The van der Waals surface area contributed by atoms with Crippen molar-refractivity contribution in [1.29, 1.82) is 5.26 Å². The van der Waals surface area contributed by atoms with E-state index in [0.717, 1.165) is 30.3 Å². The van der Waals surface area contributed by atoms with E-state index in [2.05, 4.69) is 27.4 Å². The predicted octanol–water partition coefficient (Wildman–Crippen LogP) is 2.98. The molecular weight excluding hydrogens is 328 g/mol. The van der Waals surface area contributed by atoms with Gasteiger partial charge in [-0.05, 0) is 37.0 Å². The van der Waals surface area contributed by atoms with Crippen molar-refractivity contribution in [2.75, 3.05) is 20.2 Å². The molecule has 0 amide bonds. The molecule has 0 N–H and O–H groups in total. The second-order valence-electron chi connectivity index (χ2n) is 6.76. The number of hydrogen-bond acceptors (Lipinski definition) is 6. The Bertz CT molecular complexity index is 837. The lowest BCUT2D eigenvalue weighted by Crippen LogP contribution is -2.34. The molecule has 0 bridgehead atoms. The Balaban J connectivity index is 1.49. The topological polar surface area (TPSA) is 61.1 Å². The first kappa shape index (κ1) is 16.5. The molecule has 0 spiro atoms. The molecule has 3 aliphatic rings. The van der Waals surface area contributed by atoms with Crippen LogP contribution in [0.1, 0.15) is 30.4 Å². The summed E-state index contributed by atoms with van der Waals surface area (Å²) in [6.07, 6.45) is 5.75. The largest absolute Gasteiger partial charge is 0.495 e. The van der Waals surface area contributed by atoms with Crippen LogP contribution in [0, 0.1) is 11.3 Å². The van der Waals surface area contributed by atoms with Crippen LogP contribution in [0.2, 0.25) is 0 Å². The van der Waals surface area contributed by atoms with E-state index in [-0.39, 0.29) is 0 Å². The van der Waals surface area contributed by atoms with E-state index in [0.29, 0.717) is 29.9 Å². The number of benzene rings is 1. The molecule has 4 rings (SSSR count). The standard InChI is InChI=1S/C20H22N4O2/c1-14-22-19(10-20-23-8-4-3-5-17(23)12-24(14)20)26-13-15-6-7-18(25-2)16(9-15)11-21/h6-7,9-10,17H,1,3-5,8,12-13H2,2H3. The van der Waals surface area contributed by atoms with Gasteiger partial charge in [-0.15, -0.1) is 0 Å². The zero-order valence-electron chi connectivity index (χ0n) is 14.9. The summed E-state index contributed by atoms with van der Waals surface area (Å²) in [4.78, 5) is 9.14. The van der Waals surface area contributed by atoms with Gasteiger partial charge in [0.25, 0.3) is 0 Å². The van der Waals surface area contributed by atoms with Gasteiger partial charge in [0.15, 0.2) is 0 Å². The van der Waals surface area contributed by atoms with Crippen LogP contribution in [0.4, 0.5) is 0 Å². The Morgan fingerprint density at radius 3 is 3.08 bits per heavy atom. The van der Waals surface area contributed by atoms with Crippen LogP contribution < -0.4 is 4.74 Å². The molecule has 6 nitrogen and oxygen atoms in total. The highest BCUT2D eigenvalue weighted by molar-refractivity contribution is 5.90. The number of hydrogen-bond donors (Lipinski definition) is 0. The van der Waals surface area contributed by atoms with Crippen LogP contribution in [-0.4, -0.2) is 41.9 Å². The smallest absolute Gasteiger partial charge is 0.219 e. The number of ether oxygens (including phenoxy) is 2. The number of nitrogens with zero attached hydrogens (tertiary/aromatic N) is 4. The second-order valence-corrected chi connectivity index (χ2v) is 6.76. The Kier molecular flexibility index (Phi) is 4.29. The minimum atomic E-state index is 0.345. The summed E-state index contributed by atoms with van der Waals surface area (Å²) in [5.74, 6) is 3.03. The summed E-state index contributed by atoms with van der Waals surface area (Å²) in [7, 11) is 1.56. The number of methoxy groups -OCH3 is 1. The molecule has 1 aromatic carbocycles. The van der Waals surface area contributed by atoms with E-state index in [1.807, 2.05) is 12.1 Å². The first-order valence-corrected chi connectivity index (χ1v) is 8.93. The van der Waals surface area contributed by atoms with Gasteiger partial charge in [-0.2, -0.15) is 10.3 Å². The van der Waals surface area contributed by atoms with Gasteiger partial charge >= 0.3 is 0 Å². The van der Waals surface area contributed by atoms with Crippen molar-refractivity contribution in [1.82, 2.24) is 9.80 Å². The maximum absolute atomic E-state index is 9.21. The van der Waals surface area contributed by atoms with Gasteiger partial charge in [0.2, 0.25) is 5.90 Å². The van der Waals surface area contributed by atoms with Gasteiger partial charge in [0, 0.05) is 25.2 Å². The Morgan fingerprint density at radius 1 is 1.38 bits per heavy atom. The van der Waals surface area contributed by atoms with Gasteiger partial charge < -0.3 is 19.3 Å². The maximum Gasteiger partial charge on any atom is 0.219 e. The molecule has 0 radical (unpaired) electrons. The summed E-state index contributed by atoms with van der Waals surface area (Å²) >= 11 is 0. The molecule has 3 aliphatic heterocycles. The molecule has 134 valence electrons. The van der Waals surface area contributed by atoms with E-state index in [4.69, 9.17) is 9.47 Å². The summed E-state index contributed by atoms with van der Waals surface area (Å²) < 4.78 is 11.1. The molecule has 0 saturated carbocycles. The van der Waals surface area contributed by atoms with Crippen LogP contribution in [0.25, 0.3) is 0 Å². The Hall–Kier alpha value is -2.94. The van der Waals surface area contributed by atoms with Gasteiger partial charge in [-0.3, -0.25) is 0 Å². The van der Waals surface area contributed by atoms with Crippen molar-refractivity contribution in [2.45, 2.75) is 31.9 Å². The van der Waals surface area contributed by atoms with Gasteiger partial charge in [-0.1, -0.05) is 12.6 Å². The normalized spacial score (nSPS) is 21.4. The summed E-state index contributed by atoms with van der Waals surface area (Å²) in [5.41, 5.74) is 1.40. The quantitative estimate of drug-likeness (QED) is 0.839. The molecular formula is C20H22N4O2. The molecule has 3 heterocycles. The molecule has 2 fully saturated rings. The molecule has 26 heavy (non-hydrogen) atoms. The summed E-state index contributed by atoms with van der Waals surface area (Å²) in [6, 6.07) is 8.17. The van der Waals surface area contributed by atoms with Crippen molar-refractivity contribution < 1.29 is 9.47 Å². The van der Waals surface area contributed by atoms with Crippen LogP contribution >= 0.6 is 0 Å². The highest BCUT2D eigenvalue weighted by atomic mass is 16.5. The minimum Gasteiger partial charge on any atom is -0.495 e. The van der Waals surface area contributed by atoms with E-state index >= 15 is 0 Å². The van der Waals surface area contributed by atoms with Crippen molar-refractivity contribution in [2.24, 2.45) is 4.99 Å². The molecule has 1 unspecified atom stereocenters. The minimum absolute atomic E-state index is 0.345. The fourth-order valence-corrected chi connectivity index (χ4v) is 3.84.